The molecule has 1 aliphatic rings. The van der Waals surface area contributed by atoms with Crippen molar-refractivity contribution in [1.82, 2.24) is 4.31 Å². The molecule has 122 valence electrons. The summed E-state index contributed by atoms with van der Waals surface area (Å²) in [4.78, 5) is 11.2. The number of primary amides is 1. The summed E-state index contributed by atoms with van der Waals surface area (Å²) >= 11 is 0. The van der Waals surface area contributed by atoms with Crippen LogP contribution in [0.2, 0.25) is 0 Å². The number of sulfone groups is 1. The van der Waals surface area contributed by atoms with E-state index in [1.807, 2.05) is 0 Å². The number of carbonyl (C=O) groups is 1. The highest BCUT2D eigenvalue weighted by atomic mass is 32.2. The van der Waals surface area contributed by atoms with Crippen LogP contribution in [-0.4, -0.2) is 46.4 Å². The molecule has 0 saturated carbocycles. The molecule has 1 aromatic rings. The fourth-order valence-corrected chi connectivity index (χ4v) is 4.49. The predicted molar refractivity (Wildman–Crippen MR) is 80.2 cm³/mol. The molecule has 0 aliphatic carbocycles. The largest absolute Gasteiger partial charge is 0.369 e. The van der Waals surface area contributed by atoms with Gasteiger partial charge in [0.15, 0.2) is 9.84 Å². The van der Waals surface area contributed by atoms with Crippen LogP contribution in [0.4, 0.5) is 0 Å². The van der Waals surface area contributed by atoms with Crippen molar-refractivity contribution < 1.29 is 21.6 Å². The molecule has 0 unspecified atom stereocenters. The van der Waals surface area contributed by atoms with Gasteiger partial charge < -0.3 is 5.73 Å². The summed E-state index contributed by atoms with van der Waals surface area (Å²) < 4.78 is 49.0. The molecule has 1 aromatic carbocycles. The lowest BCUT2D eigenvalue weighted by atomic mass is 9.98. The maximum absolute atomic E-state index is 12.5. The first-order chi connectivity index (χ1) is 10.1. The van der Waals surface area contributed by atoms with Crippen molar-refractivity contribution in [2.24, 2.45) is 11.7 Å². The summed E-state index contributed by atoms with van der Waals surface area (Å²) in [5.41, 5.74) is 5.23. The third kappa shape index (κ3) is 3.47. The summed E-state index contributed by atoms with van der Waals surface area (Å²) in [5, 5.41) is 0. The van der Waals surface area contributed by atoms with Crippen LogP contribution in [0, 0.1) is 5.92 Å². The summed E-state index contributed by atoms with van der Waals surface area (Å²) in [6, 6.07) is 5.12. The van der Waals surface area contributed by atoms with E-state index >= 15 is 0 Å². The van der Waals surface area contributed by atoms with E-state index in [0.29, 0.717) is 12.8 Å². The number of piperidine rings is 1. The van der Waals surface area contributed by atoms with E-state index in [-0.39, 0.29) is 28.8 Å². The minimum atomic E-state index is -3.69. The monoisotopic (exact) mass is 346 g/mol. The van der Waals surface area contributed by atoms with E-state index in [9.17, 15) is 21.6 Å². The maximum Gasteiger partial charge on any atom is 0.243 e. The van der Waals surface area contributed by atoms with E-state index in [2.05, 4.69) is 0 Å². The minimum absolute atomic E-state index is 0.0393. The Morgan fingerprint density at radius 3 is 1.91 bits per heavy atom. The van der Waals surface area contributed by atoms with Crippen LogP contribution >= 0.6 is 0 Å². The highest BCUT2D eigenvalue weighted by molar-refractivity contribution is 7.90. The Kier molecular flexibility index (Phi) is 4.59. The first kappa shape index (κ1) is 16.9. The first-order valence-electron chi connectivity index (χ1n) is 6.72. The minimum Gasteiger partial charge on any atom is -0.369 e. The number of amides is 1. The molecule has 22 heavy (non-hydrogen) atoms. The molecule has 7 nitrogen and oxygen atoms in total. The molecular weight excluding hydrogens is 328 g/mol. The van der Waals surface area contributed by atoms with Crippen molar-refractivity contribution in [2.45, 2.75) is 22.6 Å². The van der Waals surface area contributed by atoms with Crippen molar-refractivity contribution in [2.75, 3.05) is 19.3 Å². The second kappa shape index (κ2) is 5.98. The van der Waals surface area contributed by atoms with Crippen molar-refractivity contribution in [3.8, 4) is 0 Å². The third-order valence-corrected chi connectivity index (χ3v) is 6.79. The number of sulfonamides is 1. The second-order valence-corrected chi connectivity index (χ2v) is 9.28. The van der Waals surface area contributed by atoms with Gasteiger partial charge in [-0.15, -0.1) is 0 Å². The van der Waals surface area contributed by atoms with Gasteiger partial charge in [-0.05, 0) is 37.1 Å². The van der Waals surface area contributed by atoms with Crippen LogP contribution in [0.15, 0.2) is 34.1 Å². The van der Waals surface area contributed by atoms with Crippen LogP contribution in [-0.2, 0) is 24.7 Å². The van der Waals surface area contributed by atoms with Crippen molar-refractivity contribution in [1.29, 1.82) is 0 Å². The number of nitrogens with two attached hydrogens (primary N) is 1. The van der Waals surface area contributed by atoms with E-state index < -0.39 is 25.8 Å². The van der Waals surface area contributed by atoms with Gasteiger partial charge in [-0.3, -0.25) is 4.79 Å². The Morgan fingerprint density at radius 2 is 1.50 bits per heavy atom. The molecule has 0 bridgehead atoms. The lowest BCUT2D eigenvalue weighted by molar-refractivity contribution is -0.122. The molecule has 1 saturated heterocycles. The zero-order valence-electron chi connectivity index (χ0n) is 12.1. The Morgan fingerprint density at radius 1 is 1.05 bits per heavy atom. The Bertz CT molecular complexity index is 761. The van der Waals surface area contributed by atoms with Crippen molar-refractivity contribution >= 4 is 25.8 Å². The summed E-state index contributed by atoms with van der Waals surface area (Å²) in [6.07, 6.45) is 1.86. The molecule has 0 atom stereocenters. The zero-order chi connectivity index (χ0) is 16.5. The van der Waals surface area contributed by atoms with Gasteiger partial charge in [0, 0.05) is 25.3 Å². The lowest BCUT2D eigenvalue weighted by Gasteiger charge is -2.29. The molecule has 0 radical (unpaired) electrons. The molecule has 1 aliphatic heterocycles. The standard InChI is InChI=1S/C13H18N2O5S2/c1-21(17,18)11-2-4-12(5-3-11)22(19,20)15-8-6-10(7-9-15)13(14)16/h2-5,10H,6-9H2,1H3,(H2,14,16). The third-order valence-electron chi connectivity index (χ3n) is 3.75. The number of nitrogens with zero attached hydrogens (tertiary/aromatic N) is 1. The lowest BCUT2D eigenvalue weighted by Crippen LogP contribution is -2.41. The molecule has 1 heterocycles. The van der Waals surface area contributed by atoms with Crippen LogP contribution in [0.1, 0.15) is 12.8 Å². The van der Waals surface area contributed by atoms with E-state index in [1.54, 1.807) is 0 Å². The zero-order valence-corrected chi connectivity index (χ0v) is 13.7. The van der Waals surface area contributed by atoms with Crippen molar-refractivity contribution in [3.05, 3.63) is 24.3 Å². The number of benzene rings is 1. The van der Waals surface area contributed by atoms with Crippen molar-refractivity contribution in [3.63, 3.8) is 0 Å². The molecule has 9 heteroatoms. The van der Waals surface area contributed by atoms with E-state index in [4.69, 9.17) is 5.73 Å². The van der Waals surface area contributed by atoms with Gasteiger partial charge >= 0.3 is 0 Å². The molecule has 1 amide bonds. The second-order valence-electron chi connectivity index (χ2n) is 5.32. The number of hydrogen-bond acceptors (Lipinski definition) is 5. The average Bonchev–Trinajstić information content (AvgIpc) is 2.46. The summed E-state index contributed by atoms with van der Waals surface area (Å²) in [7, 11) is -7.05. The van der Waals surface area contributed by atoms with Gasteiger partial charge in [0.05, 0.1) is 9.79 Å². The topological polar surface area (TPSA) is 115 Å². The van der Waals surface area contributed by atoms with Gasteiger partial charge in [0.25, 0.3) is 0 Å². The predicted octanol–water partition coefficient (Wildman–Crippen LogP) is -0.0239. The number of rotatable bonds is 4. The highest BCUT2D eigenvalue weighted by Crippen LogP contribution is 2.24. The summed E-state index contributed by atoms with van der Waals surface area (Å²) in [6.45, 7) is 0.452. The smallest absolute Gasteiger partial charge is 0.243 e. The Balaban J connectivity index is 2.19. The average molecular weight is 346 g/mol. The quantitative estimate of drug-likeness (QED) is 0.822. The normalized spacial score (nSPS) is 18.2. The summed E-state index contributed by atoms with van der Waals surface area (Å²) in [5.74, 6) is -0.700. The van der Waals surface area contributed by atoms with Gasteiger partial charge in [-0.1, -0.05) is 0 Å². The van der Waals surface area contributed by atoms with E-state index in [0.717, 1.165) is 6.26 Å². The van der Waals surface area contributed by atoms with Crippen LogP contribution < -0.4 is 5.73 Å². The van der Waals surface area contributed by atoms with Crippen LogP contribution in [0.25, 0.3) is 0 Å². The molecule has 1 fully saturated rings. The van der Waals surface area contributed by atoms with Crippen LogP contribution in [0.5, 0.6) is 0 Å². The SMILES string of the molecule is CS(=O)(=O)c1ccc(S(=O)(=O)N2CCC(C(N)=O)CC2)cc1. The Labute approximate surface area is 130 Å². The fourth-order valence-electron chi connectivity index (χ4n) is 2.39. The van der Waals surface area contributed by atoms with E-state index in [1.165, 1.54) is 28.6 Å². The Hall–Kier alpha value is -1.45. The fraction of sp³-hybridized carbons (Fsp3) is 0.462. The van der Waals surface area contributed by atoms with Gasteiger partial charge in [0.2, 0.25) is 15.9 Å². The van der Waals surface area contributed by atoms with Gasteiger partial charge in [-0.2, -0.15) is 4.31 Å². The number of hydrogen-bond donors (Lipinski definition) is 1. The van der Waals surface area contributed by atoms with Gasteiger partial charge in [-0.25, -0.2) is 16.8 Å². The molecule has 2 N–H and O–H groups in total. The maximum atomic E-state index is 12.5. The van der Waals surface area contributed by atoms with Gasteiger partial charge in [0.1, 0.15) is 0 Å². The van der Waals surface area contributed by atoms with Crippen LogP contribution in [0.3, 0.4) is 0 Å². The molecule has 2 rings (SSSR count). The molecular formula is C13H18N2O5S2. The highest BCUT2D eigenvalue weighted by Gasteiger charge is 2.31. The molecule has 0 spiro atoms. The molecule has 0 aromatic heterocycles. The number of carbonyl (C=O) groups excluding carboxylic acids is 1. The first-order valence-corrected chi connectivity index (χ1v) is 10.0.